The summed E-state index contributed by atoms with van der Waals surface area (Å²) < 4.78 is 7.18. The zero-order chi connectivity index (χ0) is 22.1. The van der Waals surface area contributed by atoms with Gasteiger partial charge in [0.2, 0.25) is 0 Å². The number of nitrogens with one attached hydrogen (secondary N) is 1. The van der Waals surface area contributed by atoms with Crippen molar-refractivity contribution >= 4 is 23.2 Å². The van der Waals surface area contributed by atoms with E-state index in [0.29, 0.717) is 25.3 Å². The van der Waals surface area contributed by atoms with E-state index in [9.17, 15) is 9.59 Å². The number of nitrogens with zero attached hydrogens (tertiary/aromatic N) is 4. The summed E-state index contributed by atoms with van der Waals surface area (Å²) in [4.78, 5) is 31.9. The summed E-state index contributed by atoms with van der Waals surface area (Å²) in [5.41, 5.74) is 4.52. The molecule has 0 atom stereocenters. The van der Waals surface area contributed by atoms with Crippen LogP contribution < -0.4 is 5.32 Å². The summed E-state index contributed by atoms with van der Waals surface area (Å²) in [6.45, 7) is 5.78. The molecule has 0 unspecified atom stereocenters. The van der Waals surface area contributed by atoms with E-state index in [1.807, 2.05) is 17.3 Å². The molecule has 1 fully saturated rings. The zero-order valence-electron chi connectivity index (χ0n) is 18.7. The molecule has 4 heterocycles. The van der Waals surface area contributed by atoms with E-state index in [0.717, 1.165) is 75.4 Å². The molecule has 8 nitrogen and oxygen atoms in total. The predicted octanol–water partition coefficient (Wildman–Crippen LogP) is 1.62. The van der Waals surface area contributed by atoms with Crippen molar-refractivity contribution in [2.24, 2.45) is 7.05 Å². The Bertz CT molecular complexity index is 1010. The molecule has 0 saturated carbocycles. The van der Waals surface area contributed by atoms with Crippen LogP contribution in [0.25, 0.3) is 0 Å². The average molecular weight is 458 g/mol. The Balaban J connectivity index is 1.27. The third-order valence-corrected chi connectivity index (χ3v) is 7.94. The van der Waals surface area contributed by atoms with Crippen LogP contribution in [0.15, 0.2) is 5.38 Å². The van der Waals surface area contributed by atoms with Crippen LogP contribution in [0, 0.1) is 0 Å². The van der Waals surface area contributed by atoms with Crippen molar-refractivity contribution in [1.82, 2.24) is 24.9 Å². The Kier molecular flexibility index (Phi) is 6.30. The second kappa shape index (κ2) is 9.33. The van der Waals surface area contributed by atoms with E-state index in [1.165, 1.54) is 16.9 Å². The number of ether oxygens (including phenoxy) is 1. The molecule has 1 aliphatic carbocycles. The first-order valence-corrected chi connectivity index (χ1v) is 12.5. The van der Waals surface area contributed by atoms with Crippen molar-refractivity contribution in [1.29, 1.82) is 0 Å². The number of thiophene rings is 1. The second-order valence-electron chi connectivity index (χ2n) is 8.84. The lowest BCUT2D eigenvalue weighted by Crippen LogP contribution is -2.41. The fourth-order valence-electron chi connectivity index (χ4n) is 5.03. The highest BCUT2D eigenvalue weighted by molar-refractivity contribution is 7.10. The van der Waals surface area contributed by atoms with Gasteiger partial charge in [0.1, 0.15) is 0 Å². The molecule has 0 bridgehead atoms. The molecule has 32 heavy (non-hydrogen) atoms. The molecular formula is C23H31N5O3S. The van der Waals surface area contributed by atoms with Gasteiger partial charge in [-0.05, 0) is 31.2 Å². The van der Waals surface area contributed by atoms with Gasteiger partial charge in [-0.1, -0.05) is 0 Å². The van der Waals surface area contributed by atoms with Gasteiger partial charge in [0.05, 0.1) is 25.3 Å². The number of morpholine rings is 1. The van der Waals surface area contributed by atoms with Crippen molar-refractivity contribution in [2.45, 2.75) is 38.6 Å². The van der Waals surface area contributed by atoms with E-state index in [2.05, 4.69) is 15.3 Å². The Labute approximate surface area is 192 Å². The zero-order valence-corrected chi connectivity index (χ0v) is 19.5. The number of aromatic nitrogens is 2. The molecule has 5 rings (SSSR count). The van der Waals surface area contributed by atoms with E-state index in [1.54, 1.807) is 16.0 Å². The van der Waals surface area contributed by atoms with Crippen LogP contribution in [-0.4, -0.2) is 77.3 Å². The molecule has 1 N–H and O–H groups in total. The number of amides is 2. The SMILES string of the molecule is Cn1nc(C(=O)NCCN2CCOCC2)c2c1CCN(C(=O)c1csc3c1CCCC3)C2. The molecule has 2 aromatic heterocycles. The van der Waals surface area contributed by atoms with Crippen molar-refractivity contribution < 1.29 is 14.3 Å². The van der Waals surface area contributed by atoms with Gasteiger partial charge >= 0.3 is 0 Å². The number of hydrogen-bond donors (Lipinski definition) is 1. The lowest BCUT2D eigenvalue weighted by atomic mass is 9.95. The minimum Gasteiger partial charge on any atom is -0.379 e. The molecule has 1 saturated heterocycles. The number of fused-ring (bicyclic) bond motifs is 2. The smallest absolute Gasteiger partial charge is 0.272 e. The lowest BCUT2D eigenvalue weighted by Gasteiger charge is -2.28. The molecule has 9 heteroatoms. The average Bonchev–Trinajstić information content (AvgIpc) is 3.40. The normalized spacial score (nSPS) is 18.8. The molecule has 3 aliphatic rings. The van der Waals surface area contributed by atoms with Crippen LogP contribution >= 0.6 is 11.3 Å². The van der Waals surface area contributed by atoms with Crippen molar-refractivity contribution in [3.8, 4) is 0 Å². The first kappa shape index (κ1) is 21.6. The molecule has 0 spiro atoms. The molecule has 0 radical (unpaired) electrons. The highest BCUT2D eigenvalue weighted by atomic mass is 32.1. The topological polar surface area (TPSA) is 79.7 Å². The van der Waals surface area contributed by atoms with Crippen LogP contribution in [0.3, 0.4) is 0 Å². The van der Waals surface area contributed by atoms with Crippen LogP contribution in [0.4, 0.5) is 0 Å². The van der Waals surface area contributed by atoms with Gasteiger partial charge in [0.15, 0.2) is 5.69 Å². The van der Waals surface area contributed by atoms with Gasteiger partial charge < -0.3 is 15.0 Å². The predicted molar refractivity (Wildman–Crippen MR) is 122 cm³/mol. The second-order valence-corrected chi connectivity index (χ2v) is 9.81. The van der Waals surface area contributed by atoms with E-state index in [-0.39, 0.29) is 11.8 Å². The fraction of sp³-hybridized carbons (Fsp3) is 0.609. The summed E-state index contributed by atoms with van der Waals surface area (Å²) >= 11 is 1.72. The molecule has 2 aliphatic heterocycles. The largest absolute Gasteiger partial charge is 0.379 e. The first-order valence-electron chi connectivity index (χ1n) is 11.6. The number of hydrogen-bond acceptors (Lipinski definition) is 6. The minimum atomic E-state index is -0.155. The number of aryl methyl sites for hydroxylation is 2. The maximum atomic E-state index is 13.4. The first-order chi connectivity index (χ1) is 15.6. The number of rotatable bonds is 5. The Morgan fingerprint density at radius 2 is 1.94 bits per heavy atom. The summed E-state index contributed by atoms with van der Waals surface area (Å²) in [7, 11) is 1.89. The summed E-state index contributed by atoms with van der Waals surface area (Å²) in [5.74, 6) is -0.0603. The van der Waals surface area contributed by atoms with E-state index < -0.39 is 0 Å². The third kappa shape index (κ3) is 4.21. The van der Waals surface area contributed by atoms with Gasteiger partial charge in [-0.15, -0.1) is 11.3 Å². The quantitative estimate of drug-likeness (QED) is 0.738. The van der Waals surface area contributed by atoms with E-state index in [4.69, 9.17) is 4.74 Å². The Hall–Kier alpha value is -2.23. The Morgan fingerprint density at radius 1 is 1.12 bits per heavy atom. The van der Waals surface area contributed by atoms with Gasteiger partial charge in [0.25, 0.3) is 11.8 Å². The van der Waals surface area contributed by atoms with E-state index >= 15 is 0 Å². The number of carbonyl (C=O) groups is 2. The Morgan fingerprint density at radius 3 is 2.78 bits per heavy atom. The third-order valence-electron chi connectivity index (χ3n) is 6.85. The van der Waals surface area contributed by atoms with Crippen molar-refractivity contribution in [3.05, 3.63) is 38.3 Å². The van der Waals surface area contributed by atoms with Crippen LogP contribution in [-0.2, 0) is 37.6 Å². The van der Waals surface area contributed by atoms with Gasteiger partial charge in [-0.25, -0.2) is 0 Å². The monoisotopic (exact) mass is 457 g/mol. The molecule has 0 aromatic carbocycles. The highest BCUT2D eigenvalue weighted by Crippen LogP contribution is 2.32. The van der Waals surface area contributed by atoms with Gasteiger partial charge in [0, 0.05) is 67.7 Å². The molecule has 2 aromatic rings. The van der Waals surface area contributed by atoms with Crippen LogP contribution in [0.5, 0.6) is 0 Å². The molecular weight excluding hydrogens is 426 g/mol. The van der Waals surface area contributed by atoms with Crippen molar-refractivity contribution in [3.63, 3.8) is 0 Å². The minimum absolute atomic E-state index is 0.0950. The lowest BCUT2D eigenvalue weighted by molar-refractivity contribution is 0.0383. The fourth-order valence-corrected chi connectivity index (χ4v) is 6.15. The molecule has 172 valence electrons. The summed E-state index contributed by atoms with van der Waals surface area (Å²) in [6, 6.07) is 0. The summed E-state index contributed by atoms with van der Waals surface area (Å²) in [5, 5.41) is 9.58. The van der Waals surface area contributed by atoms with Crippen LogP contribution in [0.1, 0.15) is 55.4 Å². The maximum absolute atomic E-state index is 13.4. The maximum Gasteiger partial charge on any atom is 0.272 e. The highest BCUT2D eigenvalue weighted by Gasteiger charge is 2.31. The van der Waals surface area contributed by atoms with Gasteiger partial charge in [-0.3, -0.25) is 19.2 Å². The molecule has 2 amide bonds. The van der Waals surface area contributed by atoms with Crippen LogP contribution in [0.2, 0.25) is 0 Å². The standard InChI is InChI=1S/C23H31N5O3S/c1-26-19-6-8-28(23(30)18-15-32-20-5-3-2-4-16(18)20)14-17(19)21(25-26)22(29)24-7-9-27-10-12-31-13-11-27/h15H,2-14H2,1H3,(H,24,29). The summed E-state index contributed by atoms with van der Waals surface area (Å²) in [6.07, 6.45) is 5.19. The number of carbonyl (C=O) groups excluding carboxylic acids is 2. The van der Waals surface area contributed by atoms with Crippen molar-refractivity contribution in [2.75, 3.05) is 45.9 Å². The van der Waals surface area contributed by atoms with Gasteiger partial charge in [-0.2, -0.15) is 5.10 Å².